The molecule has 9 heteroatoms. The van der Waals surface area contributed by atoms with Gasteiger partial charge in [-0.2, -0.15) is 8.78 Å². The third-order valence-corrected chi connectivity index (χ3v) is 5.53. The van der Waals surface area contributed by atoms with E-state index in [1.165, 1.54) is 19.3 Å². The molecule has 3 rings (SSSR count). The molecule has 5 nitrogen and oxygen atoms in total. The second-order valence-electron chi connectivity index (χ2n) is 8.09. The predicted octanol–water partition coefficient (Wildman–Crippen LogP) is 5.58. The van der Waals surface area contributed by atoms with Crippen molar-refractivity contribution in [1.29, 1.82) is 0 Å². The van der Waals surface area contributed by atoms with E-state index >= 15 is 0 Å². The van der Waals surface area contributed by atoms with Gasteiger partial charge in [0, 0.05) is 17.4 Å². The molecule has 1 aromatic rings. The van der Waals surface area contributed by atoms with Gasteiger partial charge < -0.3 is 23.7 Å². The third-order valence-electron chi connectivity index (χ3n) is 5.53. The van der Waals surface area contributed by atoms with E-state index in [9.17, 15) is 17.6 Å². The predicted molar refractivity (Wildman–Crippen MR) is 104 cm³/mol. The lowest BCUT2D eigenvalue weighted by molar-refractivity contribution is -0.220. The molecule has 2 aliphatic rings. The molecule has 0 aliphatic carbocycles. The quantitative estimate of drug-likeness (QED) is 0.344. The van der Waals surface area contributed by atoms with Crippen molar-refractivity contribution in [2.75, 3.05) is 26.4 Å². The van der Waals surface area contributed by atoms with Gasteiger partial charge in [0.05, 0.1) is 26.4 Å². The van der Waals surface area contributed by atoms with Crippen molar-refractivity contribution in [3.05, 3.63) is 29.3 Å². The minimum absolute atomic E-state index is 0.0723. The van der Waals surface area contributed by atoms with E-state index in [0.29, 0.717) is 25.6 Å². The van der Waals surface area contributed by atoms with Crippen LogP contribution in [0.2, 0.25) is 0 Å². The molecule has 2 aliphatic heterocycles. The van der Waals surface area contributed by atoms with Crippen molar-refractivity contribution in [3.63, 3.8) is 0 Å². The van der Waals surface area contributed by atoms with E-state index in [1.54, 1.807) is 0 Å². The second kappa shape index (κ2) is 12.0. The summed E-state index contributed by atoms with van der Waals surface area (Å²) < 4.78 is 79.0. The third kappa shape index (κ3) is 7.30. The summed E-state index contributed by atoms with van der Waals surface area (Å²) in [6.45, 7) is 0.989. The summed E-state index contributed by atoms with van der Waals surface area (Å²) in [4.78, 5) is 0. The number of unbranched alkanes of at least 4 members (excludes halogenated alkanes) is 2. The standard InChI is InChI=1S/C22H30F4O5/c1-2-3-4-5-14-10-27-19(28-11-14)7-6-15-12-29-21(30-13-15)16-8-17(23)20(18(24)9-16)31-22(25)26/h8-9,14-15,19,21-22H,2-7,10-13H2,1H3/t14-,15-,19-,21-. The zero-order chi connectivity index (χ0) is 22.2. The van der Waals surface area contributed by atoms with Crippen molar-refractivity contribution in [2.24, 2.45) is 11.8 Å². The van der Waals surface area contributed by atoms with Crippen LogP contribution in [0.25, 0.3) is 0 Å². The van der Waals surface area contributed by atoms with Crippen LogP contribution in [0.1, 0.15) is 57.3 Å². The van der Waals surface area contributed by atoms with Crippen LogP contribution in [0.3, 0.4) is 0 Å². The lowest BCUT2D eigenvalue weighted by Gasteiger charge is -2.32. The maximum Gasteiger partial charge on any atom is 0.387 e. The molecular formula is C22H30F4O5. The highest BCUT2D eigenvalue weighted by atomic mass is 19.3. The van der Waals surface area contributed by atoms with Crippen molar-refractivity contribution >= 4 is 0 Å². The molecule has 0 amide bonds. The molecule has 0 unspecified atom stereocenters. The molecule has 1 aromatic carbocycles. The van der Waals surface area contributed by atoms with E-state index < -0.39 is 30.3 Å². The maximum absolute atomic E-state index is 13.9. The Morgan fingerprint density at radius 3 is 2.03 bits per heavy atom. The van der Waals surface area contributed by atoms with Crippen LogP contribution < -0.4 is 4.74 Å². The van der Waals surface area contributed by atoms with Crippen LogP contribution in [-0.4, -0.2) is 39.3 Å². The van der Waals surface area contributed by atoms with Crippen molar-refractivity contribution in [1.82, 2.24) is 0 Å². The Bertz CT molecular complexity index is 651. The molecule has 0 bridgehead atoms. The zero-order valence-corrected chi connectivity index (χ0v) is 17.7. The fraction of sp³-hybridized carbons (Fsp3) is 0.727. The van der Waals surface area contributed by atoms with Crippen LogP contribution in [-0.2, 0) is 18.9 Å². The summed E-state index contributed by atoms with van der Waals surface area (Å²) in [7, 11) is 0. The number of ether oxygens (including phenoxy) is 5. The summed E-state index contributed by atoms with van der Waals surface area (Å²) in [5.74, 6) is -3.02. The Morgan fingerprint density at radius 1 is 0.871 bits per heavy atom. The van der Waals surface area contributed by atoms with Crippen LogP contribution in [0.4, 0.5) is 17.6 Å². The highest BCUT2D eigenvalue weighted by Crippen LogP contribution is 2.32. The lowest BCUT2D eigenvalue weighted by Crippen LogP contribution is -2.33. The summed E-state index contributed by atoms with van der Waals surface area (Å²) in [6, 6.07) is 1.76. The molecule has 0 aromatic heterocycles. The van der Waals surface area contributed by atoms with Gasteiger partial charge in [0.25, 0.3) is 0 Å². The van der Waals surface area contributed by atoms with E-state index in [-0.39, 0.29) is 17.8 Å². The van der Waals surface area contributed by atoms with Gasteiger partial charge in [-0.05, 0) is 31.4 Å². The number of benzene rings is 1. The summed E-state index contributed by atoms with van der Waals surface area (Å²) >= 11 is 0. The van der Waals surface area contributed by atoms with Gasteiger partial charge in [-0.25, -0.2) is 8.78 Å². The highest BCUT2D eigenvalue weighted by Gasteiger charge is 2.28. The zero-order valence-electron chi connectivity index (χ0n) is 17.7. The van der Waals surface area contributed by atoms with E-state index in [4.69, 9.17) is 18.9 Å². The van der Waals surface area contributed by atoms with Crippen LogP contribution in [0.15, 0.2) is 12.1 Å². The first-order chi connectivity index (χ1) is 15.0. The number of halogens is 4. The molecule has 176 valence electrons. The number of rotatable bonds is 10. The van der Waals surface area contributed by atoms with Crippen molar-refractivity contribution in [2.45, 2.75) is 64.6 Å². The number of hydrogen-bond donors (Lipinski definition) is 0. The van der Waals surface area contributed by atoms with Crippen LogP contribution in [0.5, 0.6) is 5.75 Å². The first kappa shape index (κ1) is 24.2. The fourth-order valence-electron chi connectivity index (χ4n) is 3.79. The molecule has 2 saturated heterocycles. The summed E-state index contributed by atoms with van der Waals surface area (Å²) in [5, 5.41) is 0. The van der Waals surface area contributed by atoms with E-state index in [1.807, 2.05) is 0 Å². The van der Waals surface area contributed by atoms with E-state index in [2.05, 4.69) is 11.7 Å². The van der Waals surface area contributed by atoms with Crippen molar-refractivity contribution < 1.29 is 41.2 Å². The Labute approximate surface area is 179 Å². The number of alkyl halides is 2. The first-order valence-electron chi connectivity index (χ1n) is 10.9. The number of hydrogen-bond acceptors (Lipinski definition) is 5. The molecule has 0 N–H and O–H groups in total. The SMILES string of the molecule is CCCCC[C@H]1CO[C@H](CC[C@H]2CO[C@H](c3cc(F)c(OC(F)F)c(F)c3)OC2)OC1. The molecule has 2 heterocycles. The molecule has 31 heavy (non-hydrogen) atoms. The monoisotopic (exact) mass is 450 g/mol. The average molecular weight is 450 g/mol. The maximum atomic E-state index is 13.9. The summed E-state index contributed by atoms with van der Waals surface area (Å²) in [6.07, 6.45) is 5.04. The normalized spacial score (nSPS) is 26.9. The molecule has 0 atom stereocenters. The molecule has 0 spiro atoms. The molecular weight excluding hydrogens is 420 g/mol. The average Bonchev–Trinajstić information content (AvgIpc) is 2.76. The van der Waals surface area contributed by atoms with Gasteiger partial charge in [-0.15, -0.1) is 0 Å². The lowest BCUT2D eigenvalue weighted by atomic mass is 10.0. The van der Waals surface area contributed by atoms with E-state index in [0.717, 1.165) is 38.2 Å². The summed E-state index contributed by atoms with van der Waals surface area (Å²) in [5.41, 5.74) is 0.0723. The molecule has 2 fully saturated rings. The Hall–Kier alpha value is -1.42. The topological polar surface area (TPSA) is 46.2 Å². The van der Waals surface area contributed by atoms with Gasteiger partial charge in [0.15, 0.2) is 30.0 Å². The minimum atomic E-state index is -3.32. The van der Waals surface area contributed by atoms with Crippen molar-refractivity contribution in [3.8, 4) is 5.75 Å². The highest BCUT2D eigenvalue weighted by molar-refractivity contribution is 5.32. The van der Waals surface area contributed by atoms with Gasteiger partial charge in [0.2, 0.25) is 0 Å². The van der Waals surface area contributed by atoms with Crippen LogP contribution in [0, 0.1) is 23.5 Å². The second-order valence-corrected chi connectivity index (χ2v) is 8.09. The Balaban J connectivity index is 1.39. The van der Waals surface area contributed by atoms with Gasteiger partial charge >= 0.3 is 6.61 Å². The smallest absolute Gasteiger partial charge is 0.387 e. The van der Waals surface area contributed by atoms with Crippen LogP contribution >= 0.6 is 0 Å². The van der Waals surface area contributed by atoms with Gasteiger partial charge in [-0.1, -0.05) is 26.2 Å². The molecule has 0 radical (unpaired) electrons. The largest absolute Gasteiger partial charge is 0.429 e. The Morgan fingerprint density at radius 2 is 1.45 bits per heavy atom. The Kier molecular flexibility index (Phi) is 9.37. The van der Waals surface area contributed by atoms with Gasteiger partial charge in [-0.3, -0.25) is 0 Å². The van der Waals surface area contributed by atoms with Gasteiger partial charge in [0.1, 0.15) is 0 Å². The fourth-order valence-corrected chi connectivity index (χ4v) is 3.79. The minimum Gasteiger partial charge on any atom is -0.429 e. The molecule has 0 saturated carbocycles. The first-order valence-corrected chi connectivity index (χ1v) is 10.9.